The highest BCUT2D eigenvalue weighted by Gasteiger charge is 2.57. The normalized spacial score (nSPS) is 19.6. The molecule has 8 nitrogen and oxygen atoms in total. The summed E-state index contributed by atoms with van der Waals surface area (Å²) >= 11 is 6.26. The maximum atomic E-state index is 13.6. The van der Waals surface area contributed by atoms with E-state index in [2.05, 4.69) is 5.10 Å². The van der Waals surface area contributed by atoms with Gasteiger partial charge in [-0.2, -0.15) is 5.10 Å². The van der Waals surface area contributed by atoms with E-state index in [0.29, 0.717) is 33.2 Å². The molecule has 2 aliphatic rings. The Morgan fingerprint density at radius 1 is 0.939 bits per heavy atom. The van der Waals surface area contributed by atoms with Crippen molar-refractivity contribution < 1.29 is 14.5 Å². The van der Waals surface area contributed by atoms with Gasteiger partial charge in [0.25, 0.3) is 11.6 Å². The molecule has 0 aliphatic carbocycles. The van der Waals surface area contributed by atoms with Crippen LogP contribution in [-0.4, -0.2) is 28.5 Å². The van der Waals surface area contributed by atoms with Crippen molar-refractivity contribution in [2.75, 3.05) is 9.91 Å². The molecule has 5 rings (SSSR count). The van der Waals surface area contributed by atoms with Gasteiger partial charge < -0.3 is 0 Å². The van der Waals surface area contributed by atoms with Gasteiger partial charge in [0.1, 0.15) is 12.0 Å². The first-order valence-corrected chi connectivity index (χ1v) is 10.6. The van der Waals surface area contributed by atoms with Gasteiger partial charge >= 0.3 is 0 Å². The number of nitrogens with zero attached hydrogens (tertiary/aromatic N) is 4. The van der Waals surface area contributed by atoms with Gasteiger partial charge in [0, 0.05) is 17.2 Å². The van der Waals surface area contributed by atoms with E-state index in [1.54, 1.807) is 42.3 Å². The Kier molecular flexibility index (Phi) is 4.94. The van der Waals surface area contributed by atoms with Crippen LogP contribution < -0.4 is 9.91 Å². The number of halogens is 1. The lowest BCUT2D eigenvalue weighted by atomic mass is 9.92. The number of rotatable bonds is 4. The maximum Gasteiger partial charge on any atom is 0.269 e. The fourth-order valence-electron chi connectivity index (χ4n) is 4.28. The molecular weight excluding hydrogens is 444 g/mol. The van der Waals surface area contributed by atoms with Crippen LogP contribution in [0, 0.1) is 23.0 Å². The first-order chi connectivity index (χ1) is 15.9. The molecule has 0 radical (unpaired) electrons. The number of imide groups is 1. The zero-order valence-corrected chi connectivity index (χ0v) is 18.1. The zero-order valence-electron chi connectivity index (χ0n) is 17.4. The van der Waals surface area contributed by atoms with E-state index in [0.717, 1.165) is 0 Å². The van der Waals surface area contributed by atoms with Crippen molar-refractivity contribution in [3.8, 4) is 0 Å². The lowest BCUT2D eigenvalue weighted by Gasteiger charge is -2.23. The number of amides is 2. The average Bonchev–Trinajstić information content (AvgIpc) is 3.33. The SMILES string of the molecule is Cc1c(Cl)cccc1N1C(=O)[C@H]2C(c3ccc([N+](=O)[O-])cc3)=NN(c3ccccc3)[C@@H]2C1=O. The van der Waals surface area contributed by atoms with Gasteiger partial charge in [-0.05, 0) is 54.4 Å². The van der Waals surface area contributed by atoms with Crippen LogP contribution in [0.5, 0.6) is 0 Å². The molecule has 9 heteroatoms. The number of non-ortho nitro benzene ring substituents is 1. The second-order valence-electron chi connectivity index (χ2n) is 7.79. The van der Waals surface area contributed by atoms with Gasteiger partial charge in [-0.15, -0.1) is 0 Å². The van der Waals surface area contributed by atoms with Crippen molar-refractivity contribution in [3.05, 3.63) is 99.1 Å². The topological polar surface area (TPSA) is 96.1 Å². The predicted octanol–water partition coefficient (Wildman–Crippen LogP) is 4.34. The number of carbonyl (C=O) groups is 2. The van der Waals surface area contributed by atoms with E-state index < -0.39 is 28.7 Å². The molecule has 2 amide bonds. The second-order valence-corrected chi connectivity index (χ2v) is 8.19. The molecule has 0 N–H and O–H groups in total. The number of hydrogen-bond donors (Lipinski definition) is 0. The summed E-state index contributed by atoms with van der Waals surface area (Å²) in [5.41, 5.74) is 2.58. The van der Waals surface area contributed by atoms with Crippen molar-refractivity contribution in [3.63, 3.8) is 0 Å². The molecule has 2 heterocycles. The fourth-order valence-corrected chi connectivity index (χ4v) is 4.45. The average molecular weight is 461 g/mol. The van der Waals surface area contributed by atoms with Gasteiger partial charge in [-0.25, -0.2) is 4.90 Å². The standard InChI is InChI=1S/C24H17ClN4O4/c1-14-18(25)8-5-9-19(14)27-23(30)20-21(15-10-12-17(13-11-15)29(32)33)26-28(22(20)24(27)31)16-6-3-2-4-7-16/h2-13,20,22H,1H3/t20-,22-/m0/s1. The van der Waals surface area contributed by atoms with E-state index in [1.165, 1.54) is 17.0 Å². The third kappa shape index (κ3) is 3.27. The quantitative estimate of drug-likeness (QED) is 0.328. The Bertz CT molecular complexity index is 1320. The van der Waals surface area contributed by atoms with Gasteiger partial charge in [-0.3, -0.25) is 24.7 Å². The maximum absolute atomic E-state index is 13.6. The summed E-state index contributed by atoms with van der Waals surface area (Å²) < 4.78 is 0. The van der Waals surface area contributed by atoms with E-state index >= 15 is 0 Å². The number of carbonyl (C=O) groups excluding carboxylic acids is 2. The van der Waals surface area contributed by atoms with E-state index in [1.807, 2.05) is 30.3 Å². The van der Waals surface area contributed by atoms with Crippen molar-refractivity contribution in [2.45, 2.75) is 13.0 Å². The number of para-hydroxylation sites is 1. The van der Waals surface area contributed by atoms with E-state index in [-0.39, 0.29) is 5.69 Å². The van der Waals surface area contributed by atoms with Crippen LogP contribution in [-0.2, 0) is 9.59 Å². The molecule has 1 fully saturated rings. The zero-order chi connectivity index (χ0) is 23.3. The Morgan fingerprint density at radius 3 is 2.30 bits per heavy atom. The Balaban J connectivity index is 1.63. The monoisotopic (exact) mass is 460 g/mol. The lowest BCUT2D eigenvalue weighted by molar-refractivity contribution is -0.384. The number of fused-ring (bicyclic) bond motifs is 1. The largest absolute Gasteiger partial charge is 0.273 e. The van der Waals surface area contributed by atoms with Crippen LogP contribution in [0.4, 0.5) is 17.1 Å². The van der Waals surface area contributed by atoms with E-state index in [9.17, 15) is 19.7 Å². The van der Waals surface area contributed by atoms with Gasteiger partial charge in [0.2, 0.25) is 5.91 Å². The van der Waals surface area contributed by atoms with Crippen LogP contribution in [0.15, 0.2) is 77.9 Å². The summed E-state index contributed by atoms with van der Waals surface area (Å²) in [6.07, 6.45) is 0. The van der Waals surface area contributed by atoms with Crippen molar-refractivity contribution in [2.24, 2.45) is 11.0 Å². The summed E-state index contributed by atoms with van der Waals surface area (Å²) in [6, 6.07) is 19.1. The molecule has 3 aromatic rings. The molecule has 33 heavy (non-hydrogen) atoms. The summed E-state index contributed by atoms with van der Waals surface area (Å²) in [5.74, 6) is -1.68. The fraction of sp³-hybridized carbons (Fsp3) is 0.125. The third-order valence-corrected chi connectivity index (χ3v) is 6.33. The van der Waals surface area contributed by atoms with Crippen LogP contribution >= 0.6 is 11.6 Å². The van der Waals surface area contributed by atoms with Gasteiger partial charge in [-0.1, -0.05) is 35.9 Å². The van der Waals surface area contributed by atoms with Crippen LogP contribution in [0.3, 0.4) is 0 Å². The Labute approximate surface area is 193 Å². The van der Waals surface area contributed by atoms with Crippen molar-refractivity contribution in [1.29, 1.82) is 0 Å². The number of nitro groups is 1. The first kappa shape index (κ1) is 20.8. The van der Waals surface area contributed by atoms with Gasteiger partial charge in [0.05, 0.1) is 22.0 Å². The molecule has 0 saturated carbocycles. The van der Waals surface area contributed by atoms with Gasteiger partial charge in [0.15, 0.2) is 0 Å². The molecule has 2 aliphatic heterocycles. The number of nitro benzene ring substituents is 1. The van der Waals surface area contributed by atoms with Crippen LogP contribution in [0.25, 0.3) is 0 Å². The Morgan fingerprint density at radius 2 is 1.64 bits per heavy atom. The predicted molar refractivity (Wildman–Crippen MR) is 125 cm³/mol. The number of benzene rings is 3. The minimum absolute atomic E-state index is 0.0705. The van der Waals surface area contributed by atoms with Crippen molar-refractivity contribution in [1.82, 2.24) is 0 Å². The van der Waals surface area contributed by atoms with Crippen molar-refractivity contribution >= 4 is 46.2 Å². The first-order valence-electron chi connectivity index (χ1n) is 10.2. The highest BCUT2D eigenvalue weighted by molar-refractivity contribution is 6.36. The number of hydrazone groups is 1. The molecule has 0 unspecified atom stereocenters. The molecule has 164 valence electrons. The Hall–Kier alpha value is -4.04. The minimum Gasteiger partial charge on any atom is -0.273 e. The number of hydrogen-bond acceptors (Lipinski definition) is 6. The summed E-state index contributed by atoms with van der Waals surface area (Å²) in [7, 11) is 0. The lowest BCUT2D eigenvalue weighted by Crippen LogP contribution is -2.39. The highest BCUT2D eigenvalue weighted by atomic mass is 35.5. The van der Waals surface area contributed by atoms with Crippen LogP contribution in [0.1, 0.15) is 11.1 Å². The molecular formula is C24H17ClN4O4. The third-order valence-electron chi connectivity index (χ3n) is 5.92. The number of anilines is 2. The summed E-state index contributed by atoms with van der Waals surface area (Å²) in [6.45, 7) is 1.76. The molecule has 0 bridgehead atoms. The van der Waals surface area contributed by atoms with E-state index in [4.69, 9.17) is 11.6 Å². The molecule has 1 saturated heterocycles. The molecule has 0 spiro atoms. The smallest absolute Gasteiger partial charge is 0.269 e. The highest BCUT2D eigenvalue weighted by Crippen LogP contribution is 2.40. The summed E-state index contributed by atoms with van der Waals surface area (Å²) in [5, 5.41) is 17.7. The summed E-state index contributed by atoms with van der Waals surface area (Å²) in [4.78, 5) is 39.0. The molecule has 0 aromatic heterocycles. The van der Waals surface area contributed by atoms with Crippen LogP contribution in [0.2, 0.25) is 5.02 Å². The molecule has 2 atom stereocenters. The second kappa shape index (κ2) is 7.83. The molecule has 3 aromatic carbocycles. The minimum atomic E-state index is -0.872.